The predicted octanol–water partition coefficient (Wildman–Crippen LogP) is -0.151. The highest BCUT2D eigenvalue weighted by molar-refractivity contribution is 6.22. The van der Waals surface area contributed by atoms with Gasteiger partial charge in [-0.25, -0.2) is 9.36 Å². The molecule has 1 aliphatic heterocycles. The molecule has 14 heavy (non-hydrogen) atoms. The molecule has 5 nitrogen and oxygen atoms in total. The number of aromatic nitrogens is 2. The molecule has 1 N–H and O–H groups in total. The van der Waals surface area contributed by atoms with Gasteiger partial charge in [-0.05, 0) is 0 Å². The number of nitrogens with zero attached hydrogens (tertiary/aromatic N) is 1. The fraction of sp³-hybridized carbons (Fsp3) is 0.500. The van der Waals surface area contributed by atoms with Gasteiger partial charge in [0, 0.05) is 18.7 Å². The molecule has 0 bridgehead atoms. The van der Waals surface area contributed by atoms with Crippen molar-refractivity contribution in [2.75, 3.05) is 13.2 Å². The molecule has 76 valence electrons. The third kappa shape index (κ3) is 1.38. The number of halogens is 1. The molecule has 2 heterocycles. The van der Waals surface area contributed by atoms with E-state index in [0.29, 0.717) is 13.0 Å². The van der Waals surface area contributed by atoms with Crippen LogP contribution in [-0.2, 0) is 9.73 Å². The molecule has 0 radical (unpaired) electrons. The van der Waals surface area contributed by atoms with Crippen molar-refractivity contribution in [1.29, 1.82) is 0 Å². The molecule has 0 spiro atoms. The Labute approximate surface area is 84.3 Å². The number of hydrogen-bond acceptors (Lipinski definition) is 3. The maximum atomic E-state index is 11.4. The van der Waals surface area contributed by atoms with Crippen LogP contribution in [0.25, 0.3) is 0 Å². The largest absolute Gasteiger partial charge is 0.378 e. The molecule has 0 amide bonds. The monoisotopic (exact) mass is 216 g/mol. The lowest BCUT2D eigenvalue weighted by Gasteiger charge is -2.20. The van der Waals surface area contributed by atoms with E-state index < -0.39 is 16.2 Å². The number of H-pyrrole nitrogens is 1. The summed E-state index contributed by atoms with van der Waals surface area (Å²) >= 11 is 6.12. The van der Waals surface area contributed by atoms with E-state index in [4.69, 9.17) is 16.3 Å². The van der Waals surface area contributed by atoms with Crippen molar-refractivity contribution in [3.63, 3.8) is 0 Å². The van der Waals surface area contributed by atoms with Gasteiger partial charge >= 0.3 is 5.69 Å². The van der Waals surface area contributed by atoms with Crippen molar-refractivity contribution >= 4 is 11.6 Å². The molecule has 0 aliphatic carbocycles. The Bertz CT molecular complexity index is 416. The highest BCUT2D eigenvalue weighted by Gasteiger charge is 2.36. The first-order valence-corrected chi connectivity index (χ1v) is 4.59. The average Bonchev–Trinajstić information content (AvgIpc) is 2.52. The van der Waals surface area contributed by atoms with Gasteiger partial charge in [0.25, 0.3) is 5.56 Å². The van der Waals surface area contributed by atoms with Gasteiger partial charge in [0.1, 0.15) is 0 Å². The molecular formula is C8H9ClN2O3. The fourth-order valence-electron chi connectivity index (χ4n) is 1.51. The first kappa shape index (κ1) is 9.48. The normalized spacial score (nSPS) is 26.6. The SMILES string of the molecule is O=c1cc[nH]c(=O)n1C1(Cl)CCOC1. The van der Waals surface area contributed by atoms with Gasteiger partial charge in [-0.1, -0.05) is 11.6 Å². The zero-order valence-electron chi connectivity index (χ0n) is 7.33. The standard InChI is InChI=1S/C8H9ClN2O3/c9-8(2-4-14-5-8)11-6(12)1-3-10-7(11)13/h1,3H,2,4-5H2,(H,10,13). The van der Waals surface area contributed by atoms with Crippen LogP contribution in [0.1, 0.15) is 6.42 Å². The zero-order valence-corrected chi connectivity index (χ0v) is 8.08. The van der Waals surface area contributed by atoms with Crippen LogP contribution in [-0.4, -0.2) is 22.8 Å². The zero-order chi connectivity index (χ0) is 10.2. The topological polar surface area (TPSA) is 64.1 Å². The number of hydrogen-bond donors (Lipinski definition) is 1. The van der Waals surface area contributed by atoms with Crippen LogP contribution in [0.5, 0.6) is 0 Å². The molecular weight excluding hydrogens is 208 g/mol. The van der Waals surface area contributed by atoms with Gasteiger partial charge in [0.15, 0.2) is 5.00 Å². The van der Waals surface area contributed by atoms with Crippen molar-refractivity contribution in [2.24, 2.45) is 0 Å². The molecule has 1 aromatic rings. The van der Waals surface area contributed by atoms with Crippen molar-refractivity contribution in [3.8, 4) is 0 Å². The van der Waals surface area contributed by atoms with Crippen molar-refractivity contribution < 1.29 is 4.74 Å². The quantitative estimate of drug-likeness (QED) is 0.664. The highest BCUT2D eigenvalue weighted by atomic mass is 35.5. The Hall–Kier alpha value is -1.07. The van der Waals surface area contributed by atoms with Gasteiger partial charge in [-0.3, -0.25) is 4.79 Å². The van der Waals surface area contributed by atoms with E-state index in [1.54, 1.807) is 0 Å². The van der Waals surface area contributed by atoms with Gasteiger partial charge in [0.05, 0.1) is 13.2 Å². The lowest BCUT2D eigenvalue weighted by molar-refractivity contribution is 0.177. The summed E-state index contributed by atoms with van der Waals surface area (Å²) in [6, 6.07) is 1.27. The predicted molar refractivity (Wildman–Crippen MR) is 50.6 cm³/mol. The van der Waals surface area contributed by atoms with Crippen LogP contribution in [0.3, 0.4) is 0 Å². The van der Waals surface area contributed by atoms with E-state index >= 15 is 0 Å². The smallest absolute Gasteiger partial charge is 0.329 e. The van der Waals surface area contributed by atoms with E-state index in [0.717, 1.165) is 4.57 Å². The second kappa shape index (κ2) is 3.25. The van der Waals surface area contributed by atoms with Crippen LogP contribution in [0, 0.1) is 0 Å². The van der Waals surface area contributed by atoms with E-state index in [-0.39, 0.29) is 6.61 Å². The van der Waals surface area contributed by atoms with Gasteiger partial charge in [0.2, 0.25) is 0 Å². The first-order valence-electron chi connectivity index (χ1n) is 4.21. The molecule has 1 saturated heterocycles. The minimum Gasteiger partial charge on any atom is -0.378 e. The Morgan fingerprint density at radius 1 is 1.57 bits per heavy atom. The molecule has 6 heteroatoms. The number of rotatable bonds is 1. The lowest BCUT2D eigenvalue weighted by Crippen LogP contribution is -2.46. The summed E-state index contributed by atoms with van der Waals surface area (Å²) in [5.41, 5.74) is -0.910. The van der Waals surface area contributed by atoms with E-state index in [1.165, 1.54) is 12.3 Å². The lowest BCUT2D eigenvalue weighted by atomic mass is 10.2. The minimum atomic E-state index is -1.02. The molecule has 1 fully saturated rings. The van der Waals surface area contributed by atoms with Crippen LogP contribution in [0.4, 0.5) is 0 Å². The van der Waals surface area contributed by atoms with Crippen LogP contribution >= 0.6 is 11.6 Å². The third-order valence-corrected chi connectivity index (χ3v) is 2.68. The molecule has 1 atom stereocenters. The van der Waals surface area contributed by atoms with Crippen molar-refractivity contribution in [3.05, 3.63) is 33.1 Å². The average molecular weight is 217 g/mol. The van der Waals surface area contributed by atoms with Crippen molar-refractivity contribution in [1.82, 2.24) is 9.55 Å². The van der Waals surface area contributed by atoms with Gasteiger partial charge in [-0.15, -0.1) is 0 Å². The Kier molecular flexibility index (Phi) is 2.20. The summed E-state index contributed by atoms with van der Waals surface area (Å²) < 4.78 is 6.08. The second-order valence-corrected chi connectivity index (χ2v) is 3.88. The number of alkyl halides is 1. The first-order chi connectivity index (χ1) is 6.63. The summed E-state index contributed by atoms with van der Waals surface area (Å²) in [7, 11) is 0. The van der Waals surface area contributed by atoms with Crippen LogP contribution < -0.4 is 11.2 Å². The summed E-state index contributed by atoms with van der Waals surface area (Å²) in [5, 5.41) is 0. The fourth-order valence-corrected chi connectivity index (χ4v) is 1.82. The molecule has 1 aromatic heterocycles. The molecule has 0 aromatic carbocycles. The summed E-state index contributed by atoms with van der Waals surface area (Å²) in [5.74, 6) is 0. The van der Waals surface area contributed by atoms with Crippen LogP contribution in [0.15, 0.2) is 21.9 Å². The molecule has 1 aliphatic rings. The van der Waals surface area contributed by atoms with Gasteiger partial charge < -0.3 is 9.72 Å². The molecule has 0 saturated carbocycles. The summed E-state index contributed by atoms with van der Waals surface area (Å²) in [6.07, 6.45) is 1.76. The minimum absolute atomic E-state index is 0.182. The van der Waals surface area contributed by atoms with Crippen LogP contribution in [0.2, 0.25) is 0 Å². The Morgan fingerprint density at radius 3 is 2.93 bits per heavy atom. The van der Waals surface area contributed by atoms with E-state index in [2.05, 4.69) is 4.98 Å². The Morgan fingerprint density at radius 2 is 2.36 bits per heavy atom. The maximum absolute atomic E-state index is 11.4. The van der Waals surface area contributed by atoms with E-state index in [9.17, 15) is 9.59 Å². The molecule has 1 unspecified atom stereocenters. The number of aromatic amines is 1. The highest BCUT2D eigenvalue weighted by Crippen LogP contribution is 2.28. The second-order valence-electron chi connectivity index (χ2n) is 3.18. The van der Waals surface area contributed by atoms with Crippen molar-refractivity contribution in [2.45, 2.75) is 11.4 Å². The molecule has 2 rings (SSSR count). The maximum Gasteiger partial charge on any atom is 0.329 e. The number of ether oxygens (including phenoxy) is 1. The third-order valence-electron chi connectivity index (χ3n) is 2.21. The van der Waals surface area contributed by atoms with Gasteiger partial charge in [-0.2, -0.15) is 0 Å². The van der Waals surface area contributed by atoms with E-state index in [1.807, 2.05) is 0 Å². The summed E-state index contributed by atoms with van der Waals surface area (Å²) in [6.45, 7) is 0.645. The summed E-state index contributed by atoms with van der Waals surface area (Å²) in [4.78, 5) is 24.2. The Balaban J connectivity index is 2.61. The number of nitrogens with one attached hydrogen (secondary N) is 1.